The number of pyridine rings is 2. The molecule has 4 aromatic rings. The molecule has 2 heterocycles. The lowest BCUT2D eigenvalue weighted by Crippen LogP contribution is -2.11. The Labute approximate surface area is 172 Å². The van der Waals surface area contributed by atoms with Gasteiger partial charge in [-0.3, -0.25) is 4.98 Å². The molecule has 0 fully saturated rings. The van der Waals surface area contributed by atoms with Crippen molar-refractivity contribution in [3.63, 3.8) is 0 Å². The number of aryl methyl sites for hydroxylation is 1. The van der Waals surface area contributed by atoms with Gasteiger partial charge < -0.3 is 4.74 Å². The van der Waals surface area contributed by atoms with E-state index in [1.807, 2.05) is 36.5 Å². The Morgan fingerprint density at radius 3 is 2.45 bits per heavy atom. The van der Waals surface area contributed by atoms with E-state index in [0.29, 0.717) is 6.61 Å². The molecule has 0 amide bonds. The van der Waals surface area contributed by atoms with Gasteiger partial charge in [0.1, 0.15) is 12.4 Å². The molecule has 2 aromatic carbocycles. The van der Waals surface area contributed by atoms with Crippen molar-refractivity contribution in [3.8, 4) is 17.0 Å². The van der Waals surface area contributed by atoms with Gasteiger partial charge in [-0.2, -0.15) is 0 Å². The van der Waals surface area contributed by atoms with E-state index in [1.54, 1.807) is 6.20 Å². The lowest BCUT2D eigenvalue weighted by atomic mass is 9.85. The summed E-state index contributed by atoms with van der Waals surface area (Å²) in [6, 6.07) is 20.8. The Bertz CT molecular complexity index is 1140. The van der Waals surface area contributed by atoms with E-state index in [0.717, 1.165) is 33.5 Å². The maximum atomic E-state index is 6.21. The molecule has 0 bridgehead atoms. The molecular formula is C26H26N2O. The van der Waals surface area contributed by atoms with Crippen LogP contribution in [-0.4, -0.2) is 9.97 Å². The van der Waals surface area contributed by atoms with Gasteiger partial charge in [0.15, 0.2) is 0 Å². The standard InChI is InChI=1S/C26H26N2O/c1-18-14-20(26(2,3)4)10-11-21(18)24-15-25(22-16-27-13-12-23(22)28-24)29-17-19-8-6-5-7-9-19/h5-16H,17H2,1-4H3. The third-order valence-corrected chi connectivity index (χ3v) is 5.18. The number of rotatable bonds is 4. The Kier molecular flexibility index (Phi) is 5.06. The molecular weight excluding hydrogens is 356 g/mol. The molecule has 0 aliphatic heterocycles. The number of hydrogen-bond acceptors (Lipinski definition) is 3. The molecule has 29 heavy (non-hydrogen) atoms. The van der Waals surface area contributed by atoms with E-state index < -0.39 is 0 Å². The van der Waals surface area contributed by atoms with Crippen LogP contribution in [0.25, 0.3) is 22.2 Å². The zero-order chi connectivity index (χ0) is 20.4. The lowest BCUT2D eigenvalue weighted by molar-refractivity contribution is 0.310. The van der Waals surface area contributed by atoms with Crippen LogP contribution >= 0.6 is 0 Å². The molecule has 4 rings (SSSR count). The first-order chi connectivity index (χ1) is 13.9. The molecule has 2 aromatic heterocycles. The summed E-state index contributed by atoms with van der Waals surface area (Å²) in [6.07, 6.45) is 3.59. The minimum absolute atomic E-state index is 0.121. The second-order valence-electron chi connectivity index (χ2n) is 8.45. The topological polar surface area (TPSA) is 35.0 Å². The molecule has 3 nitrogen and oxygen atoms in total. The SMILES string of the molecule is Cc1cc(C(C)(C)C)ccc1-c1cc(OCc2ccccc2)c2cnccc2n1. The van der Waals surface area contributed by atoms with Gasteiger partial charge in [-0.1, -0.05) is 69.3 Å². The van der Waals surface area contributed by atoms with Crippen LogP contribution in [0.15, 0.2) is 73.1 Å². The monoisotopic (exact) mass is 382 g/mol. The van der Waals surface area contributed by atoms with Crippen LogP contribution < -0.4 is 4.74 Å². The minimum atomic E-state index is 0.121. The Morgan fingerprint density at radius 2 is 1.72 bits per heavy atom. The first-order valence-electron chi connectivity index (χ1n) is 9.95. The van der Waals surface area contributed by atoms with Crippen molar-refractivity contribution in [2.45, 2.75) is 39.7 Å². The summed E-state index contributed by atoms with van der Waals surface area (Å²) >= 11 is 0. The summed E-state index contributed by atoms with van der Waals surface area (Å²) in [4.78, 5) is 9.16. The van der Waals surface area contributed by atoms with Gasteiger partial charge in [-0.15, -0.1) is 0 Å². The zero-order valence-electron chi connectivity index (χ0n) is 17.4. The van der Waals surface area contributed by atoms with Gasteiger partial charge in [0, 0.05) is 24.0 Å². The third-order valence-electron chi connectivity index (χ3n) is 5.18. The van der Waals surface area contributed by atoms with Crippen LogP contribution in [0.1, 0.15) is 37.5 Å². The zero-order valence-corrected chi connectivity index (χ0v) is 17.4. The van der Waals surface area contributed by atoms with Gasteiger partial charge in [-0.25, -0.2) is 4.98 Å². The molecule has 0 atom stereocenters. The summed E-state index contributed by atoms with van der Waals surface area (Å²) in [5.74, 6) is 0.807. The maximum Gasteiger partial charge on any atom is 0.132 e. The molecule has 146 valence electrons. The van der Waals surface area contributed by atoms with Crippen LogP contribution in [0, 0.1) is 6.92 Å². The van der Waals surface area contributed by atoms with E-state index in [4.69, 9.17) is 9.72 Å². The first-order valence-corrected chi connectivity index (χ1v) is 9.95. The average molecular weight is 383 g/mol. The van der Waals surface area contributed by atoms with E-state index in [9.17, 15) is 0 Å². The van der Waals surface area contributed by atoms with Gasteiger partial charge in [0.25, 0.3) is 0 Å². The van der Waals surface area contributed by atoms with Crippen molar-refractivity contribution in [1.29, 1.82) is 0 Å². The Balaban J connectivity index is 1.76. The molecule has 0 saturated heterocycles. The smallest absolute Gasteiger partial charge is 0.132 e. The molecule has 0 unspecified atom stereocenters. The highest BCUT2D eigenvalue weighted by molar-refractivity contribution is 5.87. The summed E-state index contributed by atoms with van der Waals surface area (Å²) < 4.78 is 6.21. The number of aromatic nitrogens is 2. The number of hydrogen-bond donors (Lipinski definition) is 0. The fourth-order valence-corrected chi connectivity index (χ4v) is 3.45. The van der Waals surface area contributed by atoms with Gasteiger partial charge in [0.05, 0.1) is 16.6 Å². The van der Waals surface area contributed by atoms with Crippen molar-refractivity contribution in [3.05, 3.63) is 89.7 Å². The number of benzene rings is 2. The van der Waals surface area contributed by atoms with Crippen LogP contribution in [-0.2, 0) is 12.0 Å². The summed E-state index contributed by atoms with van der Waals surface area (Å²) in [5, 5.41) is 0.927. The lowest BCUT2D eigenvalue weighted by Gasteiger charge is -2.20. The number of fused-ring (bicyclic) bond motifs is 1. The highest BCUT2D eigenvalue weighted by Gasteiger charge is 2.16. The quantitative estimate of drug-likeness (QED) is 0.405. The van der Waals surface area contributed by atoms with Crippen LogP contribution in [0.4, 0.5) is 0 Å². The first kappa shape index (κ1) is 19.1. The van der Waals surface area contributed by atoms with E-state index in [-0.39, 0.29) is 5.41 Å². The third kappa shape index (κ3) is 4.14. The molecule has 0 radical (unpaired) electrons. The summed E-state index contributed by atoms with van der Waals surface area (Å²) in [7, 11) is 0. The maximum absolute atomic E-state index is 6.21. The van der Waals surface area contributed by atoms with E-state index in [2.05, 4.69) is 63.0 Å². The Morgan fingerprint density at radius 1 is 0.931 bits per heavy atom. The fourth-order valence-electron chi connectivity index (χ4n) is 3.45. The minimum Gasteiger partial charge on any atom is -0.488 e. The predicted octanol–water partition coefficient (Wildman–Crippen LogP) is 6.48. The summed E-state index contributed by atoms with van der Waals surface area (Å²) in [5.41, 5.74) is 6.73. The number of nitrogens with zero attached hydrogens (tertiary/aromatic N) is 2. The normalized spacial score (nSPS) is 11.6. The second kappa shape index (κ2) is 7.67. The highest BCUT2D eigenvalue weighted by Crippen LogP contribution is 2.33. The van der Waals surface area contributed by atoms with Gasteiger partial charge >= 0.3 is 0 Å². The molecule has 0 aliphatic rings. The van der Waals surface area contributed by atoms with Crippen LogP contribution in [0.3, 0.4) is 0 Å². The van der Waals surface area contributed by atoms with E-state index >= 15 is 0 Å². The molecule has 3 heteroatoms. The van der Waals surface area contributed by atoms with Crippen molar-refractivity contribution in [2.24, 2.45) is 0 Å². The molecule has 0 saturated carbocycles. The van der Waals surface area contributed by atoms with Gasteiger partial charge in [-0.05, 0) is 35.1 Å². The second-order valence-corrected chi connectivity index (χ2v) is 8.45. The van der Waals surface area contributed by atoms with Crippen LogP contribution in [0.5, 0.6) is 5.75 Å². The van der Waals surface area contributed by atoms with Crippen molar-refractivity contribution in [2.75, 3.05) is 0 Å². The molecule has 0 spiro atoms. The molecule has 0 aliphatic carbocycles. The molecule has 0 N–H and O–H groups in total. The predicted molar refractivity (Wildman–Crippen MR) is 119 cm³/mol. The highest BCUT2D eigenvalue weighted by atomic mass is 16.5. The number of ether oxygens (including phenoxy) is 1. The van der Waals surface area contributed by atoms with Crippen molar-refractivity contribution < 1.29 is 4.74 Å². The summed E-state index contributed by atoms with van der Waals surface area (Å²) in [6.45, 7) is 9.36. The van der Waals surface area contributed by atoms with Crippen LogP contribution in [0.2, 0.25) is 0 Å². The largest absolute Gasteiger partial charge is 0.488 e. The van der Waals surface area contributed by atoms with Gasteiger partial charge in [0.2, 0.25) is 0 Å². The average Bonchev–Trinajstić information content (AvgIpc) is 2.72. The fraction of sp³-hybridized carbons (Fsp3) is 0.231. The Hall–Kier alpha value is -3.20. The van der Waals surface area contributed by atoms with E-state index in [1.165, 1.54) is 11.1 Å². The van der Waals surface area contributed by atoms with Crippen molar-refractivity contribution in [1.82, 2.24) is 9.97 Å². The van der Waals surface area contributed by atoms with Crippen molar-refractivity contribution >= 4 is 10.9 Å².